The SMILES string of the molecule is CN(C#N)C(=O)O. The van der Waals surface area contributed by atoms with Crippen LogP contribution in [-0.4, -0.2) is 23.1 Å². The van der Waals surface area contributed by atoms with Gasteiger partial charge in [-0.2, -0.15) is 5.26 Å². The maximum atomic E-state index is 9.63. The molecule has 38 valence electrons. The highest BCUT2D eigenvalue weighted by Gasteiger charge is 1.99. The molecule has 1 N–H and O–H groups in total. The van der Waals surface area contributed by atoms with Crippen molar-refractivity contribution in [2.45, 2.75) is 0 Å². The van der Waals surface area contributed by atoms with Crippen LogP contribution in [0.15, 0.2) is 0 Å². The van der Waals surface area contributed by atoms with Crippen LogP contribution < -0.4 is 0 Å². The Balaban J connectivity index is 3.63. The molecule has 0 aliphatic heterocycles. The summed E-state index contributed by atoms with van der Waals surface area (Å²) in [6.45, 7) is 0. The van der Waals surface area contributed by atoms with Crippen LogP contribution in [0.2, 0.25) is 0 Å². The third-order valence-electron chi connectivity index (χ3n) is 0.437. The molecule has 1 amide bonds. The average Bonchev–Trinajstić information content (AvgIpc) is 1.65. The molecule has 4 heteroatoms. The maximum Gasteiger partial charge on any atom is 0.420 e. The van der Waals surface area contributed by atoms with E-state index >= 15 is 0 Å². The molecule has 0 unspecified atom stereocenters. The lowest BCUT2D eigenvalue weighted by Crippen LogP contribution is -2.17. The van der Waals surface area contributed by atoms with Crippen molar-refractivity contribution in [2.75, 3.05) is 7.05 Å². The quantitative estimate of drug-likeness (QED) is 0.346. The second-order valence-electron chi connectivity index (χ2n) is 0.942. The van der Waals surface area contributed by atoms with E-state index in [1.807, 2.05) is 0 Å². The summed E-state index contributed by atoms with van der Waals surface area (Å²) in [7, 11) is 1.17. The molecule has 0 aliphatic rings. The Morgan fingerprint density at radius 3 is 2.43 bits per heavy atom. The Morgan fingerprint density at radius 2 is 2.43 bits per heavy atom. The van der Waals surface area contributed by atoms with Crippen LogP contribution in [0.25, 0.3) is 0 Å². The molecule has 7 heavy (non-hydrogen) atoms. The van der Waals surface area contributed by atoms with Crippen LogP contribution in [0.4, 0.5) is 4.79 Å². The van der Waals surface area contributed by atoms with E-state index in [1.54, 1.807) is 0 Å². The first-order chi connectivity index (χ1) is 3.18. The summed E-state index contributed by atoms with van der Waals surface area (Å²) < 4.78 is 0. The fourth-order valence-corrected chi connectivity index (χ4v) is 0.0428. The summed E-state index contributed by atoms with van der Waals surface area (Å²) in [6, 6.07) is 0. The van der Waals surface area contributed by atoms with Gasteiger partial charge in [-0.25, -0.2) is 9.69 Å². The van der Waals surface area contributed by atoms with Crippen LogP contribution in [0.3, 0.4) is 0 Å². The molecule has 4 nitrogen and oxygen atoms in total. The van der Waals surface area contributed by atoms with Gasteiger partial charge in [0.25, 0.3) is 0 Å². The zero-order chi connectivity index (χ0) is 5.86. The lowest BCUT2D eigenvalue weighted by atomic mass is 10.9. The molecule has 0 rings (SSSR count). The van der Waals surface area contributed by atoms with E-state index in [0.717, 1.165) is 0 Å². The summed E-state index contributed by atoms with van der Waals surface area (Å²) in [5, 5.41) is 15.7. The molecule has 0 radical (unpaired) electrons. The largest absolute Gasteiger partial charge is 0.464 e. The highest BCUT2D eigenvalue weighted by molar-refractivity contribution is 5.66. The Labute approximate surface area is 40.6 Å². The van der Waals surface area contributed by atoms with Gasteiger partial charge in [0.2, 0.25) is 0 Å². The second kappa shape index (κ2) is 2.03. The van der Waals surface area contributed by atoms with Crippen molar-refractivity contribution in [1.29, 1.82) is 5.26 Å². The Morgan fingerprint density at radius 1 is 2.00 bits per heavy atom. The van der Waals surface area contributed by atoms with Crippen LogP contribution >= 0.6 is 0 Å². The van der Waals surface area contributed by atoms with Gasteiger partial charge in [-0.15, -0.1) is 0 Å². The first-order valence-corrected chi connectivity index (χ1v) is 1.55. The van der Waals surface area contributed by atoms with Gasteiger partial charge < -0.3 is 5.11 Å². The smallest absolute Gasteiger partial charge is 0.420 e. The fourth-order valence-electron chi connectivity index (χ4n) is 0.0428. The van der Waals surface area contributed by atoms with E-state index in [2.05, 4.69) is 0 Å². The van der Waals surface area contributed by atoms with Gasteiger partial charge in [0, 0.05) is 7.05 Å². The topological polar surface area (TPSA) is 64.3 Å². The normalized spacial score (nSPS) is 6.86. The Hall–Kier alpha value is -1.24. The lowest BCUT2D eigenvalue weighted by Gasteiger charge is -1.95. The van der Waals surface area contributed by atoms with Gasteiger partial charge in [-0.1, -0.05) is 0 Å². The standard InChI is InChI=1S/C3H4N2O2/c1-5(2-4)3(6)7/h1H3,(H,6,7). The average molecular weight is 100 g/mol. The Bertz CT molecular complexity index is 115. The molecular weight excluding hydrogens is 96.0 g/mol. The molecule has 0 atom stereocenters. The number of hydrogen-bond acceptors (Lipinski definition) is 2. The molecule has 0 saturated heterocycles. The molecule has 0 aromatic heterocycles. The van der Waals surface area contributed by atoms with Crippen molar-refractivity contribution < 1.29 is 9.90 Å². The van der Waals surface area contributed by atoms with Gasteiger partial charge in [0.15, 0.2) is 6.19 Å². The number of rotatable bonds is 0. The minimum Gasteiger partial charge on any atom is -0.464 e. The van der Waals surface area contributed by atoms with Crippen molar-refractivity contribution in [2.24, 2.45) is 0 Å². The van der Waals surface area contributed by atoms with E-state index in [-0.39, 0.29) is 0 Å². The van der Waals surface area contributed by atoms with Gasteiger partial charge in [-0.05, 0) is 0 Å². The van der Waals surface area contributed by atoms with Crippen LogP contribution in [0.5, 0.6) is 0 Å². The lowest BCUT2D eigenvalue weighted by molar-refractivity contribution is 0.172. The highest BCUT2D eigenvalue weighted by atomic mass is 16.4. The predicted molar refractivity (Wildman–Crippen MR) is 21.4 cm³/mol. The molecule has 0 aromatic rings. The zero-order valence-electron chi connectivity index (χ0n) is 3.75. The summed E-state index contributed by atoms with van der Waals surface area (Å²) in [5.74, 6) is 0. The van der Waals surface area contributed by atoms with E-state index in [0.29, 0.717) is 4.90 Å². The minimum atomic E-state index is -1.23. The zero-order valence-corrected chi connectivity index (χ0v) is 3.75. The van der Waals surface area contributed by atoms with E-state index < -0.39 is 6.09 Å². The molecule has 0 bridgehead atoms. The van der Waals surface area contributed by atoms with Crippen LogP contribution in [-0.2, 0) is 0 Å². The van der Waals surface area contributed by atoms with Crippen molar-refractivity contribution in [3.8, 4) is 6.19 Å². The molecular formula is C3H4N2O2. The monoisotopic (exact) mass is 100 g/mol. The number of amides is 1. The first kappa shape index (κ1) is 5.76. The molecule has 0 heterocycles. The van der Waals surface area contributed by atoms with E-state index in [1.165, 1.54) is 13.2 Å². The van der Waals surface area contributed by atoms with Gasteiger partial charge in [0.05, 0.1) is 0 Å². The van der Waals surface area contributed by atoms with Crippen molar-refractivity contribution >= 4 is 6.09 Å². The summed E-state index contributed by atoms with van der Waals surface area (Å²) in [5.41, 5.74) is 0. The predicted octanol–water partition coefficient (Wildman–Crippen LogP) is 0.0773. The van der Waals surface area contributed by atoms with Crippen molar-refractivity contribution in [3.63, 3.8) is 0 Å². The number of hydrogen-bond donors (Lipinski definition) is 1. The van der Waals surface area contributed by atoms with Crippen LogP contribution in [0, 0.1) is 11.5 Å². The van der Waals surface area contributed by atoms with E-state index in [4.69, 9.17) is 10.4 Å². The van der Waals surface area contributed by atoms with Crippen molar-refractivity contribution in [1.82, 2.24) is 4.90 Å². The van der Waals surface area contributed by atoms with E-state index in [9.17, 15) is 4.79 Å². The summed E-state index contributed by atoms with van der Waals surface area (Å²) in [6.07, 6.45) is 0.164. The summed E-state index contributed by atoms with van der Waals surface area (Å²) in [4.78, 5) is 10.1. The minimum absolute atomic E-state index is 0.514. The van der Waals surface area contributed by atoms with Crippen molar-refractivity contribution in [3.05, 3.63) is 0 Å². The summed E-state index contributed by atoms with van der Waals surface area (Å²) >= 11 is 0. The van der Waals surface area contributed by atoms with Crippen LogP contribution in [0.1, 0.15) is 0 Å². The van der Waals surface area contributed by atoms with Gasteiger partial charge in [0.1, 0.15) is 0 Å². The molecule has 0 aromatic carbocycles. The second-order valence-corrected chi connectivity index (χ2v) is 0.942. The number of carbonyl (C=O) groups is 1. The molecule has 0 spiro atoms. The fraction of sp³-hybridized carbons (Fsp3) is 0.333. The maximum absolute atomic E-state index is 9.63. The molecule has 0 saturated carbocycles. The number of nitriles is 1. The third-order valence-corrected chi connectivity index (χ3v) is 0.437. The van der Waals surface area contributed by atoms with Gasteiger partial charge >= 0.3 is 6.09 Å². The number of nitrogens with zero attached hydrogens (tertiary/aromatic N) is 2. The third kappa shape index (κ3) is 1.60. The van der Waals surface area contributed by atoms with Gasteiger partial charge in [-0.3, -0.25) is 0 Å². The number of carboxylic acid groups (broad SMARTS) is 1. The highest BCUT2D eigenvalue weighted by Crippen LogP contribution is 1.74. The molecule has 0 fully saturated rings. The first-order valence-electron chi connectivity index (χ1n) is 1.55. The Kier molecular flexibility index (Phi) is 1.67. The molecule has 0 aliphatic carbocycles.